The molecule has 0 aromatic carbocycles. The summed E-state index contributed by atoms with van der Waals surface area (Å²) in [7, 11) is 0. The second-order valence-electron chi connectivity index (χ2n) is 3.94. The van der Waals surface area contributed by atoms with E-state index in [1.54, 1.807) is 11.3 Å². The summed E-state index contributed by atoms with van der Waals surface area (Å²) < 4.78 is 6.48. The van der Waals surface area contributed by atoms with Gasteiger partial charge in [0.1, 0.15) is 0 Å². The van der Waals surface area contributed by atoms with Crippen LogP contribution in [0.5, 0.6) is 0 Å². The molecule has 0 saturated carbocycles. The Labute approximate surface area is 100 Å². The van der Waals surface area contributed by atoms with Gasteiger partial charge in [-0.05, 0) is 28.4 Å². The molecule has 1 aromatic heterocycles. The van der Waals surface area contributed by atoms with Gasteiger partial charge in [0.15, 0.2) is 0 Å². The van der Waals surface area contributed by atoms with E-state index in [4.69, 9.17) is 4.74 Å². The molecule has 3 heterocycles. The van der Waals surface area contributed by atoms with Crippen molar-refractivity contribution >= 4 is 33.2 Å². The Morgan fingerprint density at radius 2 is 2.53 bits per heavy atom. The van der Waals surface area contributed by atoms with E-state index >= 15 is 0 Å². The average Bonchev–Trinajstić information content (AvgIpc) is 2.90. The molecule has 80 valence electrons. The number of likely N-dealkylation sites (tertiary alicyclic amines) is 1. The number of nitrogens with zero attached hydrogens (tertiary/aromatic N) is 1. The number of rotatable bonds is 1. The van der Waals surface area contributed by atoms with E-state index in [0.29, 0.717) is 12.6 Å². The first kappa shape index (κ1) is 9.81. The molecular formula is C10H10BrNO2S. The van der Waals surface area contributed by atoms with Crippen molar-refractivity contribution in [1.82, 2.24) is 4.90 Å². The zero-order chi connectivity index (χ0) is 10.4. The van der Waals surface area contributed by atoms with Crippen LogP contribution in [0.15, 0.2) is 15.2 Å². The van der Waals surface area contributed by atoms with Crippen LogP contribution in [0, 0.1) is 0 Å². The van der Waals surface area contributed by atoms with Gasteiger partial charge in [0.25, 0.3) is 5.91 Å². The van der Waals surface area contributed by atoms with Crippen LogP contribution in [0.2, 0.25) is 0 Å². The summed E-state index contributed by atoms with van der Waals surface area (Å²) in [5, 5.41) is 1.90. The SMILES string of the molecule is O=C(c1csc(Br)c1)N1CC2CC1CO2. The normalized spacial score (nSPS) is 28.7. The van der Waals surface area contributed by atoms with Crippen molar-refractivity contribution in [2.45, 2.75) is 18.6 Å². The van der Waals surface area contributed by atoms with Crippen molar-refractivity contribution in [3.8, 4) is 0 Å². The summed E-state index contributed by atoms with van der Waals surface area (Å²) in [5.74, 6) is 0.146. The van der Waals surface area contributed by atoms with Gasteiger partial charge in [-0.25, -0.2) is 0 Å². The van der Waals surface area contributed by atoms with Crippen molar-refractivity contribution in [3.63, 3.8) is 0 Å². The molecule has 1 aromatic rings. The third-order valence-corrected chi connectivity index (χ3v) is 4.48. The molecule has 5 heteroatoms. The van der Waals surface area contributed by atoms with Gasteiger partial charge in [-0.15, -0.1) is 11.3 Å². The number of fused-ring (bicyclic) bond motifs is 2. The fraction of sp³-hybridized carbons (Fsp3) is 0.500. The highest BCUT2D eigenvalue weighted by Crippen LogP contribution is 2.30. The number of hydrogen-bond donors (Lipinski definition) is 0. The first-order valence-corrected chi connectivity index (χ1v) is 6.58. The maximum Gasteiger partial charge on any atom is 0.255 e. The Balaban J connectivity index is 1.81. The van der Waals surface area contributed by atoms with Gasteiger partial charge in [0.05, 0.1) is 28.1 Å². The average molecular weight is 288 g/mol. The van der Waals surface area contributed by atoms with Crippen LogP contribution < -0.4 is 0 Å². The van der Waals surface area contributed by atoms with Gasteiger partial charge in [0, 0.05) is 11.9 Å². The van der Waals surface area contributed by atoms with E-state index in [1.165, 1.54) is 0 Å². The third-order valence-electron chi connectivity index (χ3n) is 2.98. The lowest BCUT2D eigenvalue weighted by Crippen LogP contribution is -2.41. The van der Waals surface area contributed by atoms with Gasteiger partial charge in [-0.1, -0.05) is 0 Å². The molecule has 2 aliphatic heterocycles. The summed E-state index contributed by atoms with van der Waals surface area (Å²) in [6, 6.07) is 2.20. The fourth-order valence-electron chi connectivity index (χ4n) is 2.24. The maximum absolute atomic E-state index is 12.1. The number of hydrogen-bond acceptors (Lipinski definition) is 3. The van der Waals surface area contributed by atoms with Crippen LogP contribution in [0.3, 0.4) is 0 Å². The van der Waals surface area contributed by atoms with Crippen LogP contribution in [-0.4, -0.2) is 36.1 Å². The lowest BCUT2D eigenvalue weighted by Gasteiger charge is -2.26. The van der Waals surface area contributed by atoms with E-state index in [9.17, 15) is 4.79 Å². The standard InChI is InChI=1S/C10H10BrNO2S/c11-9-1-6(5-15-9)10(13)12-3-8-2-7(12)4-14-8/h1,5,7-8H,2-4H2. The Morgan fingerprint density at radius 3 is 3.07 bits per heavy atom. The molecule has 0 aliphatic carbocycles. The first-order valence-electron chi connectivity index (χ1n) is 4.90. The minimum absolute atomic E-state index is 0.146. The van der Waals surface area contributed by atoms with Crippen molar-refractivity contribution in [2.24, 2.45) is 0 Å². The van der Waals surface area contributed by atoms with Crippen LogP contribution in [0.4, 0.5) is 0 Å². The third kappa shape index (κ3) is 1.62. The number of thiophene rings is 1. The summed E-state index contributed by atoms with van der Waals surface area (Å²) in [6.07, 6.45) is 1.29. The van der Waals surface area contributed by atoms with E-state index in [1.807, 2.05) is 16.3 Å². The van der Waals surface area contributed by atoms with Crippen molar-refractivity contribution in [1.29, 1.82) is 0 Å². The molecule has 3 nitrogen and oxygen atoms in total. The number of halogens is 1. The molecule has 2 unspecified atom stereocenters. The van der Waals surface area contributed by atoms with Gasteiger partial charge >= 0.3 is 0 Å². The lowest BCUT2D eigenvalue weighted by molar-refractivity contribution is 0.0259. The second-order valence-corrected chi connectivity index (χ2v) is 6.23. The van der Waals surface area contributed by atoms with E-state index < -0.39 is 0 Å². The predicted molar refractivity (Wildman–Crippen MR) is 61.2 cm³/mol. The number of morpholine rings is 1. The van der Waals surface area contributed by atoms with Crippen LogP contribution in [-0.2, 0) is 4.74 Å². The summed E-state index contributed by atoms with van der Waals surface area (Å²) in [6.45, 7) is 1.47. The highest BCUT2D eigenvalue weighted by atomic mass is 79.9. The lowest BCUT2D eigenvalue weighted by atomic mass is 10.2. The predicted octanol–water partition coefficient (Wildman–Crippen LogP) is 2.12. The molecule has 3 rings (SSSR count). The van der Waals surface area contributed by atoms with Crippen LogP contribution >= 0.6 is 27.3 Å². The van der Waals surface area contributed by atoms with Crippen molar-refractivity contribution in [2.75, 3.05) is 13.2 Å². The summed E-state index contributed by atoms with van der Waals surface area (Å²) >= 11 is 4.92. The van der Waals surface area contributed by atoms with Crippen molar-refractivity contribution in [3.05, 3.63) is 20.8 Å². The number of carbonyl (C=O) groups is 1. The van der Waals surface area contributed by atoms with Gasteiger partial charge in [0.2, 0.25) is 0 Å². The smallest absolute Gasteiger partial charge is 0.255 e. The molecular weight excluding hydrogens is 278 g/mol. The molecule has 2 atom stereocenters. The Kier molecular flexibility index (Phi) is 2.34. The molecule has 0 radical (unpaired) electrons. The second kappa shape index (κ2) is 3.57. The summed E-state index contributed by atoms with van der Waals surface area (Å²) in [4.78, 5) is 14.1. The zero-order valence-corrected chi connectivity index (χ0v) is 10.4. The minimum Gasteiger partial charge on any atom is -0.374 e. The maximum atomic E-state index is 12.1. The van der Waals surface area contributed by atoms with E-state index in [0.717, 1.165) is 22.3 Å². The van der Waals surface area contributed by atoms with E-state index in [2.05, 4.69) is 15.9 Å². The van der Waals surface area contributed by atoms with Gasteiger partial charge < -0.3 is 9.64 Å². The minimum atomic E-state index is 0.146. The Hall–Kier alpha value is -0.390. The molecule has 1 amide bonds. The molecule has 2 fully saturated rings. The fourth-order valence-corrected chi connectivity index (χ4v) is 3.37. The van der Waals surface area contributed by atoms with Crippen LogP contribution in [0.25, 0.3) is 0 Å². The zero-order valence-electron chi connectivity index (χ0n) is 7.98. The van der Waals surface area contributed by atoms with Crippen molar-refractivity contribution < 1.29 is 9.53 Å². The Bertz CT molecular complexity index is 406. The summed E-state index contributed by atoms with van der Waals surface area (Å²) in [5.41, 5.74) is 0.791. The highest BCUT2D eigenvalue weighted by molar-refractivity contribution is 9.11. The monoisotopic (exact) mass is 287 g/mol. The number of ether oxygens (including phenoxy) is 1. The molecule has 2 saturated heterocycles. The largest absolute Gasteiger partial charge is 0.374 e. The Morgan fingerprint density at radius 1 is 1.67 bits per heavy atom. The highest BCUT2D eigenvalue weighted by Gasteiger charge is 2.41. The quantitative estimate of drug-likeness (QED) is 0.792. The number of carbonyl (C=O) groups excluding carboxylic acids is 1. The van der Waals surface area contributed by atoms with Gasteiger partial charge in [-0.3, -0.25) is 4.79 Å². The van der Waals surface area contributed by atoms with Crippen LogP contribution in [0.1, 0.15) is 16.8 Å². The van der Waals surface area contributed by atoms with Gasteiger partial charge in [-0.2, -0.15) is 0 Å². The first-order chi connectivity index (χ1) is 7.24. The number of amides is 1. The molecule has 15 heavy (non-hydrogen) atoms. The molecule has 2 bridgehead atoms. The van der Waals surface area contributed by atoms with E-state index in [-0.39, 0.29) is 12.0 Å². The molecule has 0 N–H and O–H groups in total. The topological polar surface area (TPSA) is 29.5 Å². The molecule has 2 aliphatic rings. The molecule has 0 spiro atoms.